The number of nitriles is 1. The summed E-state index contributed by atoms with van der Waals surface area (Å²) in [5.41, 5.74) is 0.799. The molecule has 0 aromatic heterocycles. The third kappa shape index (κ3) is 4.56. The number of rotatable bonds is 6. The molecular weight excluding hydrogens is 228 g/mol. The normalized spacial score (nSPS) is 13.4. The molecule has 0 aliphatic carbocycles. The molecule has 0 radical (unpaired) electrons. The Balaban J connectivity index is 2.55. The van der Waals surface area contributed by atoms with E-state index in [2.05, 4.69) is 11.4 Å². The van der Waals surface area contributed by atoms with Gasteiger partial charge in [0.25, 0.3) is 0 Å². The largest absolute Gasteiger partial charge is 0.384 e. The summed E-state index contributed by atoms with van der Waals surface area (Å²) in [7, 11) is 1.61. The van der Waals surface area contributed by atoms with Gasteiger partial charge in [0.1, 0.15) is 6.04 Å². The Bertz CT molecular complexity index is 412. The Morgan fingerprint density at radius 3 is 2.67 bits per heavy atom. The lowest BCUT2D eigenvalue weighted by Gasteiger charge is -2.14. The fourth-order valence-corrected chi connectivity index (χ4v) is 1.72. The molecule has 1 aromatic carbocycles. The molecule has 0 heterocycles. The minimum absolute atomic E-state index is 0.130. The molecule has 0 saturated carbocycles. The fourth-order valence-electron chi connectivity index (χ4n) is 1.72. The van der Waals surface area contributed by atoms with Crippen LogP contribution in [0.2, 0.25) is 0 Å². The van der Waals surface area contributed by atoms with E-state index in [1.165, 1.54) is 0 Å². The summed E-state index contributed by atoms with van der Waals surface area (Å²) in [6, 6.07) is 10.7. The van der Waals surface area contributed by atoms with Gasteiger partial charge in [-0.25, -0.2) is 0 Å². The first-order chi connectivity index (χ1) is 8.67. The summed E-state index contributed by atoms with van der Waals surface area (Å²) in [4.78, 5) is 11.8. The molecule has 2 atom stereocenters. The first kappa shape index (κ1) is 14.2. The number of nitrogens with one attached hydrogen (secondary N) is 1. The Kier molecular flexibility index (Phi) is 5.89. The van der Waals surface area contributed by atoms with Gasteiger partial charge in [-0.05, 0) is 11.5 Å². The highest BCUT2D eigenvalue weighted by atomic mass is 16.5. The van der Waals surface area contributed by atoms with Crippen LogP contribution in [0.25, 0.3) is 0 Å². The summed E-state index contributed by atoms with van der Waals surface area (Å²) in [6.07, 6.45) is 0.360. The van der Waals surface area contributed by atoms with Crippen LogP contribution in [0.4, 0.5) is 0 Å². The van der Waals surface area contributed by atoms with Crippen LogP contribution in [0.15, 0.2) is 30.3 Å². The number of amides is 1. The van der Waals surface area contributed by atoms with Crippen molar-refractivity contribution in [3.8, 4) is 6.07 Å². The second-order valence-corrected chi connectivity index (χ2v) is 4.30. The van der Waals surface area contributed by atoms with E-state index >= 15 is 0 Å². The van der Waals surface area contributed by atoms with Crippen molar-refractivity contribution in [1.29, 1.82) is 5.26 Å². The van der Waals surface area contributed by atoms with Crippen molar-refractivity contribution in [2.45, 2.75) is 19.4 Å². The summed E-state index contributed by atoms with van der Waals surface area (Å²) in [6.45, 7) is 2.48. The molecule has 4 heteroatoms. The zero-order chi connectivity index (χ0) is 13.4. The molecule has 1 rings (SSSR count). The van der Waals surface area contributed by atoms with E-state index in [-0.39, 0.29) is 11.8 Å². The van der Waals surface area contributed by atoms with Crippen LogP contribution in [-0.4, -0.2) is 19.6 Å². The molecule has 0 fully saturated rings. The topological polar surface area (TPSA) is 62.1 Å². The average molecular weight is 246 g/mol. The van der Waals surface area contributed by atoms with Gasteiger partial charge in [-0.15, -0.1) is 0 Å². The van der Waals surface area contributed by atoms with Gasteiger partial charge in [0.05, 0.1) is 6.07 Å². The maximum Gasteiger partial charge on any atom is 0.221 e. The monoisotopic (exact) mass is 246 g/mol. The predicted molar refractivity (Wildman–Crippen MR) is 68.6 cm³/mol. The summed E-state index contributed by atoms with van der Waals surface area (Å²) < 4.78 is 4.98. The van der Waals surface area contributed by atoms with E-state index in [4.69, 9.17) is 10.00 Å². The van der Waals surface area contributed by atoms with Gasteiger partial charge in [-0.2, -0.15) is 5.26 Å². The number of carbonyl (C=O) groups excluding carboxylic acids is 1. The summed E-state index contributed by atoms with van der Waals surface area (Å²) in [5.74, 6) is 0.0140. The van der Waals surface area contributed by atoms with Crippen molar-refractivity contribution in [2.75, 3.05) is 13.7 Å². The van der Waals surface area contributed by atoms with Crippen molar-refractivity contribution < 1.29 is 9.53 Å². The summed E-state index contributed by atoms with van der Waals surface area (Å²) in [5, 5.41) is 11.8. The second-order valence-electron chi connectivity index (χ2n) is 4.30. The van der Waals surface area contributed by atoms with E-state index in [1.807, 2.05) is 37.3 Å². The lowest BCUT2D eigenvalue weighted by atomic mass is 10.1. The lowest BCUT2D eigenvalue weighted by Crippen LogP contribution is -2.29. The number of benzene rings is 1. The van der Waals surface area contributed by atoms with Crippen LogP contribution in [0.3, 0.4) is 0 Å². The average Bonchev–Trinajstić information content (AvgIpc) is 2.37. The molecule has 1 aromatic rings. The van der Waals surface area contributed by atoms with Crippen LogP contribution in [0.1, 0.15) is 24.9 Å². The van der Waals surface area contributed by atoms with E-state index < -0.39 is 6.04 Å². The van der Waals surface area contributed by atoms with Crippen molar-refractivity contribution in [1.82, 2.24) is 5.32 Å². The maximum absolute atomic E-state index is 11.8. The summed E-state index contributed by atoms with van der Waals surface area (Å²) >= 11 is 0. The number of carbonyl (C=O) groups is 1. The van der Waals surface area contributed by atoms with Crippen molar-refractivity contribution in [2.24, 2.45) is 5.92 Å². The molecule has 0 spiro atoms. The molecule has 0 saturated heterocycles. The van der Waals surface area contributed by atoms with Crippen LogP contribution >= 0.6 is 0 Å². The molecule has 0 bridgehead atoms. The standard InChI is InChI=1S/C14H18N2O2/c1-11(10-18-2)8-14(17)16-13(9-15)12-6-4-3-5-7-12/h3-7,11,13H,8,10H2,1-2H3,(H,16,17). The molecule has 0 aliphatic heterocycles. The molecule has 4 nitrogen and oxygen atoms in total. The Labute approximate surface area is 108 Å². The Morgan fingerprint density at radius 1 is 1.44 bits per heavy atom. The van der Waals surface area contributed by atoms with E-state index in [0.29, 0.717) is 13.0 Å². The van der Waals surface area contributed by atoms with Gasteiger partial charge in [0.2, 0.25) is 5.91 Å². The second kappa shape index (κ2) is 7.46. The minimum Gasteiger partial charge on any atom is -0.384 e. The predicted octanol–water partition coefficient (Wildman–Crippen LogP) is 2.04. The molecule has 1 N–H and O–H groups in total. The zero-order valence-electron chi connectivity index (χ0n) is 10.7. The Hall–Kier alpha value is -1.86. The quantitative estimate of drug-likeness (QED) is 0.835. The molecule has 18 heavy (non-hydrogen) atoms. The minimum atomic E-state index is -0.589. The van der Waals surface area contributed by atoms with Gasteiger partial charge >= 0.3 is 0 Å². The maximum atomic E-state index is 11.8. The molecular formula is C14H18N2O2. The molecule has 0 aliphatic rings. The zero-order valence-corrected chi connectivity index (χ0v) is 10.7. The van der Waals surface area contributed by atoms with Crippen molar-refractivity contribution in [3.63, 3.8) is 0 Å². The third-order valence-electron chi connectivity index (χ3n) is 2.55. The molecule has 96 valence electrons. The smallest absolute Gasteiger partial charge is 0.221 e. The molecule has 2 unspecified atom stereocenters. The highest BCUT2D eigenvalue weighted by molar-refractivity contribution is 5.77. The molecule has 1 amide bonds. The van der Waals surface area contributed by atoms with Crippen LogP contribution in [-0.2, 0) is 9.53 Å². The van der Waals surface area contributed by atoms with Crippen LogP contribution in [0, 0.1) is 17.2 Å². The highest BCUT2D eigenvalue weighted by Crippen LogP contribution is 2.12. The van der Waals surface area contributed by atoms with Gasteiger partial charge in [0.15, 0.2) is 0 Å². The number of hydrogen-bond acceptors (Lipinski definition) is 3. The number of nitrogens with zero attached hydrogens (tertiary/aromatic N) is 1. The SMILES string of the molecule is COCC(C)CC(=O)NC(C#N)c1ccccc1. The van der Waals surface area contributed by atoms with Gasteiger partial charge in [-0.3, -0.25) is 4.79 Å². The number of ether oxygens (including phenoxy) is 1. The van der Waals surface area contributed by atoms with E-state index in [9.17, 15) is 4.79 Å². The number of methoxy groups -OCH3 is 1. The highest BCUT2D eigenvalue weighted by Gasteiger charge is 2.15. The van der Waals surface area contributed by atoms with Crippen LogP contribution in [0.5, 0.6) is 0 Å². The van der Waals surface area contributed by atoms with Crippen LogP contribution < -0.4 is 5.32 Å². The third-order valence-corrected chi connectivity index (χ3v) is 2.55. The Morgan fingerprint density at radius 2 is 2.11 bits per heavy atom. The van der Waals surface area contributed by atoms with Crippen molar-refractivity contribution in [3.05, 3.63) is 35.9 Å². The van der Waals surface area contributed by atoms with Gasteiger partial charge < -0.3 is 10.1 Å². The lowest BCUT2D eigenvalue weighted by molar-refractivity contribution is -0.122. The van der Waals surface area contributed by atoms with Gasteiger partial charge in [-0.1, -0.05) is 37.3 Å². The van der Waals surface area contributed by atoms with E-state index in [0.717, 1.165) is 5.56 Å². The van der Waals surface area contributed by atoms with Gasteiger partial charge in [0, 0.05) is 20.1 Å². The first-order valence-corrected chi connectivity index (χ1v) is 5.90. The number of hydrogen-bond donors (Lipinski definition) is 1. The van der Waals surface area contributed by atoms with Crippen molar-refractivity contribution >= 4 is 5.91 Å². The van der Waals surface area contributed by atoms with E-state index in [1.54, 1.807) is 7.11 Å². The first-order valence-electron chi connectivity index (χ1n) is 5.90. The fraction of sp³-hybridized carbons (Fsp3) is 0.429.